The number of carbonyl (C=O) groups excluding carboxylic acids is 1. The number of pyridine rings is 1. The molecule has 3 heterocycles. The van der Waals surface area contributed by atoms with E-state index in [4.69, 9.17) is 0 Å². The quantitative estimate of drug-likeness (QED) is 0.918. The predicted octanol–water partition coefficient (Wildman–Crippen LogP) is 2.06. The lowest BCUT2D eigenvalue weighted by atomic mass is 9.92. The summed E-state index contributed by atoms with van der Waals surface area (Å²) < 4.78 is 0. The number of hydrogen-bond acceptors (Lipinski definition) is 4. The summed E-state index contributed by atoms with van der Waals surface area (Å²) in [6, 6.07) is 4.19. The third kappa shape index (κ3) is 4.07. The molecule has 2 fully saturated rings. The average molecular weight is 330 g/mol. The van der Waals surface area contributed by atoms with Crippen molar-refractivity contribution in [3.8, 4) is 0 Å². The summed E-state index contributed by atoms with van der Waals surface area (Å²) in [5.41, 5.74) is 1.19. The molecule has 0 aromatic carbocycles. The summed E-state index contributed by atoms with van der Waals surface area (Å²) in [5.74, 6) is 2.23. The zero-order valence-electron chi connectivity index (χ0n) is 15.0. The lowest BCUT2D eigenvalue weighted by Crippen LogP contribution is -2.47. The first-order chi connectivity index (χ1) is 11.7. The molecule has 132 valence electrons. The van der Waals surface area contributed by atoms with E-state index in [1.165, 1.54) is 12.0 Å². The van der Waals surface area contributed by atoms with Crippen molar-refractivity contribution in [2.45, 2.75) is 32.6 Å². The SMILES string of the molecule is CNC[C@@H]1CCCN(C(=O)C2CCN(c3ccc(C)cn3)CC2)C1. The normalized spacial score (nSPS) is 22.7. The van der Waals surface area contributed by atoms with Crippen LogP contribution in [0.3, 0.4) is 0 Å². The van der Waals surface area contributed by atoms with Gasteiger partial charge in [-0.3, -0.25) is 4.79 Å². The van der Waals surface area contributed by atoms with Gasteiger partial charge in [-0.1, -0.05) is 6.07 Å². The summed E-state index contributed by atoms with van der Waals surface area (Å²) in [6.07, 6.45) is 6.19. The summed E-state index contributed by atoms with van der Waals surface area (Å²) in [6.45, 7) is 6.81. The second-order valence-corrected chi connectivity index (χ2v) is 7.31. The fraction of sp³-hybridized carbons (Fsp3) is 0.684. The van der Waals surface area contributed by atoms with Crippen molar-refractivity contribution in [2.24, 2.45) is 11.8 Å². The van der Waals surface area contributed by atoms with Crippen LogP contribution in [0, 0.1) is 18.8 Å². The van der Waals surface area contributed by atoms with Crippen LogP contribution in [0.25, 0.3) is 0 Å². The molecule has 5 nitrogen and oxygen atoms in total. The Balaban J connectivity index is 1.52. The second-order valence-electron chi connectivity index (χ2n) is 7.31. The van der Waals surface area contributed by atoms with Crippen molar-refractivity contribution >= 4 is 11.7 Å². The number of amides is 1. The molecule has 5 heteroatoms. The van der Waals surface area contributed by atoms with Crippen LogP contribution in [0.4, 0.5) is 5.82 Å². The lowest BCUT2D eigenvalue weighted by molar-refractivity contribution is -0.138. The van der Waals surface area contributed by atoms with Gasteiger partial charge in [0.2, 0.25) is 5.91 Å². The highest BCUT2D eigenvalue weighted by molar-refractivity contribution is 5.79. The van der Waals surface area contributed by atoms with Crippen LogP contribution in [0.1, 0.15) is 31.2 Å². The van der Waals surface area contributed by atoms with E-state index in [2.05, 4.69) is 39.2 Å². The first kappa shape index (κ1) is 17.2. The average Bonchev–Trinajstić information content (AvgIpc) is 2.62. The van der Waals surface area contributed by atoms with E-state index in [1.54, 1.807) is 0 Å². The predicted molar refractivity (Wildman–Crippen MR) is 97.1 cm³/mol. The number of piperidine rings is 2. The Labute approximate surface area is 145 Å². The van der Waals surface area contributed by atoms with E-state index >= 15 is 0 Å². The van der Waals surface area contributed by atoms with Gasteiger partial charge in [0.1, 0.15) is 5.82 Å². The largest absolute Gasteiger partial charge is 0.357 e. The van der Waals surface area contributed by atoms with Crippen LogP contribution in [-0.2, 0) is 4.79 Å². The van der Waals surface area contributed by atoms with E-state index < -0.39 is 0 Å². The van der Waals surface area contributed by atoms with Gasteiger partial charge < -0.3 is 15.1 Å². The number of rotatable bonds is 4. The monoisotopic (exact) mass is 330 g/mol. The Morgan fingerprint density at radius 3 is 2.71 bits per heavy atom. The zero-order chi connectivity index (χ0) is 16.9. The summed E-state index contributed by atoms with van der Waals surface area (Å²) in [7, 11) is 2.00. The molecule has 2 saturated heterocycles. The van der Waals surface area contributed by atoms with Crippen molar-refractivity contribution in [1.29, 1.82) is 0 Å². The standard InChI is InChI=1S/C19H30N4O/c1-15-5-6-18(21-12-15)22-10-7-17(8-11-22)19(24)23-9-3-4-16(14-23)13-20-2/h5-6,12,16-17,20H,3-4,7-11,13-14H2,1-2H3/t16-/m0/s1. The third-order valence-electron chi connectivity index (χ3n) is 5.39. The topological polar surface area (TPSA) is 48.5 Å². The maximum atomic E-state index is 12.9. The fourth-order valence-corrected chi connectivity index (χ4v) is 3.98. The van der Waals surface area contributed by atoms with Crippen molar-refractivity contribution in [3.05, 3.63) is 23.9 Å². The van der Waals surface area contributed by atoms with Crippen molar-refractivity contribution < 1.29 is 4.79 Å². The second kappa shape index (κ2) is 7.97. The van der Waals surface area contributed by atoms with Crippen molar-refractivity contribution in [3.63, 3.8) is 0 Å². The van der Waals surface area contributed by atoms with E-state index in [-0.39, 0.29) is 5.92 Å². The summed E-state index contributed by atoms with van der Waals surface area (Å²) >= 11 is 0. The molecule has 2 aliphatic heterocycles. The van der Waals surface area contributed by atoms with Crippen LogP contribution >= 0.6 is 0 Å². The van der Waals surface area contributed by atoms with Gasteiger partial charge in [0.15, 0.2) is 0 Å². The van der Waals surface area contributed by atoms with Crippen LogP contribution < -0.4 is 10.2 Å². The highest BCUT2D eigenvalue weighted by Gasteiger charge is 2.31. The Hall–Kier alpha value is -1.62. The third-order valence-corrected chi connectivity index (χ3v) is 5.39. The number of anilines is 1. The molecule has 1 atom stereocenters. The van der Waals surface area contributed by atoms with E-state index in [9.17, 15) is 4.79 Å². The van der Waals surface area contributed by atoms with Gasteiger partial charge in [-0.05, 0) is 63.7 Å². The first-order valence-corrected chi connectivity index (χ1v) is 9.28. The Morgan fingerprint density at radius 1 is 1.25 bits per heavy atom. The van der Waals surface area contributed by atoms with Crippen LogP contribution in [0.2, 0.25) is 0 Å². The highest BCUT2D eigenvalue weighted by atomic mass is 16.2. The Bertz CT molecular complexity index is 535. The van der Waals surface area contributed by atoms with Gasteiger partial charge in [0.05, 0.1) is 0 Å². The van der Waals surface area contributed by atoms with Crippen molar-refractivity contribution in [1.82, 2.24) is 15.2 Å². The minimum Gasteiger partial charge on any atom is -0.357 e. The van der Waals surface area contributed by atoms with Crippen molar-refractivity contribution in [2.75, 3.05) is 44.7 Å². The van der Waals surface area contributed by atoms with Gasteiger partial charge >= 0.3 is 0 Å². The maximum Gasteiger partial charge on any atom is 0.225 e. The van der Waals surface area contributed by atoms with Gasteiger partial charge in [-0.25, -0.2) is 4.98 Å². The minimum atomic E-state index is 0.194. The molecule has 0 radical (unpaired) electrons. The summed E-state index contributed by atoms with van der Waals surface area (Å²) in [4.78, 5) is 21.8. The molecule has 1 N–H and O–H groups in total. The van der Waals surface area contributed by atoms with Crippen LogP contribution in [0.15, 0.2) is 18.3 Å². The molecule has 3 rings (SSSR count). The molecule has 0 bridgehead atoms. The van der Waals surface area contributed by atoms with E-state index in [1.807, 2.05) is 13.2 Å². The van der Waals surface area contributed by atoms with Crippen LogP contribution in [0.5, 0.6) is 0 Å². The summed E-state index contributed by atoms with van der Waals surface area (Å²) in [5, 5.41) is 3.25. The fourth-order valence-electron chi connectivity index (χ4n) is 3.98. The number of nitrogens with zero attached hydrogens (tertiary/aromatic N) is 3. The van der Waals surface area contributed by atoms with Gasteiger partial charge in [-0.15, -0.1) is 0 Å². The molecule has 24 heavy (non-hydrogen) atoms. The van der Waals surface area contributed by atoms with Gasteiger partial charge in [-0.2, -0.15) is 0 Å². The molecule has 1 aromatic heterocycles. The van der Waals surface area contributed by atoms with E-state index in [0.29, 0.717) is 11.8 Å². The minimum absolute atomic E-state index is 0.194. The number of nitrogens with one attached hydrogen (secondary N) is 1. The number of carbonyl (C=O) groups is 1. The zero-order valence-corrected chi connectivity index (χ0v) is 15.0. The molecule has 0 saturated carbocycles. The molecular formula is C19H30N4O. The maximum absolute atomic E-state index is 12.9. The Kier molecular flexibility index (Phi) is 5.72. The van der Waals surface area contributed by atoms with E-state index in [0.717, 1.165) is 57.8 Å². The smallest absolute Gasteiger partial charge is 0.225 e. The number of likely N-dealkylation sites (tertiary alicyclic amines) is 1. The first-order valence-electron chi connectivity index (χ1n) is 9.28. The molecular weight excluding hydrogens is 300 g/mol. The number of aromatic nitrogens is 1. The van der Waals surface area contributed by atoms with Gasteiger partial charge in [0.25, 0.3) is 0 Å². The number of aryl methyl sites for hydroxylation is 1. The number of hydrogen-bond donors (Lipinski definition) is 1. The molecule has 1 aromatic rings. The molecule has 0 spiro atoms. The molecule has 2 aliphatic rings. The molecule has 0 unspecified atom stereocenters. The lowest BCUT2D eigenvalue weighted by Gasteiger charge is -2.38. The Morgan fingerprint density at radius 2 is 2.04 bits per heavy atom. The van der Waals surface area contributed by atoms with Gasteiger partial charge in [0, 0.05) is 38.3 Å². The highest BCUT2D eigenvalue weighted by Crippen LogP contribution is 2.25. The molecule has 1 amide bonds. The van der Waals surface area contributed by atoms with Crippen LogP contribution in [-0.4, -0.2) is 55.6 Å². The molecule has 0 aliphatic carbocycles.